The first kappa shape index (κ1) is 11.1. The van der Waals surface area contributed by atoms with Crippen LogP contribution in [0.25, 0.3) is 11.3 Å². The Morgan fingerprint density at radius 1 is 1.24 bits per heavy atom. The lowest BCUT2D eigenvalue weighted by molar-refractivity contribution is 0.0587. The fourth-order valence-electron chi connectivity index (χ4n) is 1.41. The second-order valence-corrected chi connectivity index (χ2v) is 3.36. The van der Waals surface area contributed by atoms with Crippen molar-refractivity contribution < 1.29 is 9.53 Å². The average molecular weight is 229 g/mol. The fraction of sp³-hybridized carbons (Fsp3) is 0.0833. The maximum Gasteiger partial charge on any atom is 0.376 e. The van der Waals surface area contributed by atoms with Crippen LogP contribution in [0.4, 0.5) is 5.82 Å². The Bertz CT molecular complexity index is 541. The van der Waals surface area contributed by atoms with Gasteiger partial charge in [0.05, 0.1) is 12.8 Å². The van der Waals surface area contributed by atoms with Crippen LogP contribution in [0.15, 0.2) is 36.4 Å². The van der Waals surface area contributed by atoms with Gasteiger partial charge in [-0.05, 0) is 0 Å². The summed E-state index contributed by atoms with van der Waals surface area (Å²) in [4.78, 5) is 19.3. The molecular weight excluding hydrogens is 218 g/mol. The first-order valence-electron chi connectivity index (χ1n) is 4.99. The number of hydrogen-bond donors (Lipinski definition) is 1. The molecular formula is C12H11N3O2. The highest BCUT2D eigenvalue weighted by Crippen LogP contribution is 2.18. The van der Waals surface area contributed by atoms with Gasteiger partial charge in [-0.3, -0.25) is 0 Å². The molecule has 1 heterocycles. The maximum absolute atomic E-state index is 11.3. The van der Waals surface area contributed by atoms with Crippen molar-refractivity contribution in [3.8, 4) is 11.3 Å². The molecule has 2 N–H and O–H groups in total. The summed E-state index contributed by atoms with van der Waals surface area (Å²) < 4.78 is 4.56. The van der Waals surface area contributed by atoms with Gasteiger partial charge < -0.3 is 10.5 Å². The van der Waals surface area contributed by atoms with E-state index >= 15 is 0 Å². The summed E-state index contributed by atoms with van der Waals surface area (Å²) in [6.07, 6.45) is 0. The topological polar surface area (TPSA) is 78.1 Å². The number of nitrogens with zero attached hydrogens (tertiary/aromatic N) is 2. The van der Waals surface area contributed by atoms with Crippen LogP contribution in [0.2, 0.25) is 0 Å². The zero-order valence-corrected chi connectivity index (χ0v) is 9.25. The number of carbonyl (C=O) groups excluding carboxylic acids is 1. The molecule has 17 heavy (non-hydrogen) atoms. The highest BCUT2D eigenvalue weighted by atomic mass is 16.5. The van der Waals surface area contributed by atoms with E-state index in [0.29, 0.717) is 5.69 Å². The van der Waals surface area contributed by atoms with E-state index in [-0.39, 0.29) is 11.6 Å². The van der Waals surface area contributed by atoms with Crippen LogP contribution in [0, 0.1) is 0 Å². The zero-order chi connectivity index (χ0) is 12.3. The molecule has 0 saturated carbocycles. The molecule has 86 valence electrons. The van der Waals surface area contributed by atoms with E-state index in [4.69, 9.17) is 5.73 Å². The van der Waals surface area contributed by atoms with Crippen molar-refractivity contribution in [2.24, 2.45) is 0 Å². The number of ether oxygens (including phenoxy) is 1. The van der Waals surface area contributed by atoms with Crippen LogP contribution in [0.5, 0.6) is 0 Å². The smallest absolute Gasteiger partial charge is 0.376 e. The molecule has 0 aliphatic carbocycles. The summed E-state index contributed by atoms with van der Waals surface area (Å²) in [6, 6.07) is 11.0. The van der Waals surface area contributed by atoms with Crippen LogP contribution >= 0.6 is 0 Å². The molecule has 0 spiro atoms. The highest BCUT2D eigenvalue weighted by molar-refractivity contribution is 5.86. The first-order valence-corrected chi connectivity index (χ1v) is 4.99. The minimum absolute atomic E-state index is 0.0358. The maximum atomic E-state index is 11.3. The van der Waals surface area contributed by atoms with Gasteiger partial charge in [-0.15, -0.1) is 0 Å². The Morgan fingerprint density at radius 2 is 1.94 bits per heavy atom. The Morgan fingerprint density at radius 3 is 2.59 bits per heavy atom. The minimum atomic E-state index is -0.602. The predicted octanol–water partition coefficient (Wildman–Crippen LogP) is 1.51. The third-order valence-corrected chi connectivity index (χ3v) is 2.18. The molecule has 1 aromatic heterocycles. The molecule has 0 unspecified atom stereocenters. The Kier molecular flexibility index (Phi) is 3.00. The molecule has 0 aliphatic rings. The van der Waals surface area contributed by atoms with Gasteiger partial charge in [-0.25, -0.2) is 14.8 Å². The number of carbonyl (C=O) groups is 1. The predicted molar refractivity (Wildman–Crippen MR) is 63.2 cm³/mol. The average Bonchev–Trinajstić information content (AvgIpc) is 2.38. The van der Waals surface area contributed by atoms with Gasteiger partial charge >= 0.3 is 5.97 Å². The van der Waals surface area contributed by atoms with Gasteiger partial charge in [0.15, 0.2) is 0 Å². The first-order chi connectivity index (χ1) is 8.20. The van der Waals surface area contributed by atoms with Gasteiger partial charge in [0.2, 0.25) is 5.82 Å². The normalized spacial score (nSPS) is 9.94. The van der Waals surface area contributed by atoms with Gasteiger partial charge in [-0.1, -0.05) is 30.3 Å². The van der Waals surface area contributed by atoms with Gasteiger partial charge in [0, 0.05) is 11.6 Å². The Balaban J connectivity index is 2.49. The third-order valence-electron chi connectivity index (χ3n) is 2.18. The lowest BCUT2D eigenvalue weighted by atomic mass is 10.1. The standard InChI is InChI=1S/C12H11N3O2/c1-17-12(16)11-14-9(7-10(13)15-11)8-5-3-2-4-6-8/h2-7H,1H3,(H2,13,14,15). The van der Waals surface area contributed by atoms with Crippen LogP contribution in [0.1, 0.15) is 10.6 Å². The Hall–Kier alpha value is -2.43. The number of nitrogen functional groups attached to an aromatic ring is 1. The number of benzene rings is 1. The second kappa shape index (κ2) is 4.61. The molecule has 2 aromatic rings. The number of anilines is 1. The summed E-state index contributed by atoms with van der Waals surface area (Å²) in [6.45, 7) is 0. The molecule has 5 nitrogen and oxygen atoms in total. The van der Waals surface area contributed by atoms with Crippen LogP contribution in [-0.2, 0) is 4.74 Å². The number of methoxy groups -OCH3 is 1. The van der Waals surface area contributed by atoms with Crippen LogP contribution in [0.3, 0.4) is 0 Å². The van der Waals surface area contributed by atoms with E-state index in [1.807, 2.05) is 30.3 Å². The number of nitrogens with two attached hydrogens (primary N) is 1. The zero-order valence-electron chi connectivity index (χ0n) is 9.25. The van der Waals surface area contributed by atoms with E-state index in [2.05, 4.69) is 14.7 Å². The quantitative estimate of drug-likeness (QED) is 0.790. The monoisotopic (exact) mass is 229 g/mol. The summed E-state index contributed by atoms with van der Waals surface area (Å²) in [5, 5.41) is 0. The largest absolute Gasteiger partial charge is 0.463 e. The van der Waals surface area contributed by atoms with Gasteiger partial charge in [0.1, 0.15) is 5.82 Å². The molecule has 0 bridgehead atoms. The number of rotatable bonds is 2. The lowest BCUT2D eigenvalue weighted by Gasteiger charge is -2.04. The minimum Gasteiger partial charge on any atom is -0.463 e. The number of hydrogen-bond acceptors (Lipinski definition) is 5. The Labute approximate surface area is 98.3 Å². The summed E-state index contributed by atoms with van der Waals surface area (Å²) in [5.41, 5.74) is 7.09. The van der Waals surface area contributed by atoms with Crippen molar-refractivity contribution >= 4 is 11.8 Å². The van der Waals surface area contributed by atoms with Gasteiger partial charge in [-0.2, -0.15) is 0 Å². The van der Waals surface area contributed by atoms with E-state index in [1.54, 1.807) is 6.07 Å². The van der Waals surface area contributed by atoms with Crippen LogP contribution < -0.4 is 5.73 Å². The summed E-state index contributed by atoms with van der Waals surface area (Å²) in [7, 11) is 1.27. The molecule has 0 fully saturated rings. The van der Waals surface area contributed by atoms with Crippen molar-refractivity contribution in [2.45, 2.75) is 0 Å². The van der Waals surface area contributed by atoms with Crippen molar-refractivity contribution in [1.29, 1.82) is 0 Å². The molecule has 0 atom stereocenters. The molecule has 0 radical (unpaired) electrons. The number of esters is 1. The van der Waals surface area contributed by atoms with E-state index in [1.165, 1.54) is 7.11 Å². The van der Waals surface area contributed by atoms with E-state index in [9.17, 15) is 4.79 Å². The van der Waals surface area contributed by atoms with Crippen molar-refractivity contribution in [3.63, 3.8) is 0 Å². The second-order valence-electron chi connectivity index (χ2n) is 3.36. The molecule has 0 saturated heterocycles. The number of aromatic nitrogens is 2. The molecule has 5 heteroatoms. The van der Waals surface area contributed by atoms with Crippen molar-refractivity contribution in [2.75, 3.05) is 12.8 Å². The van der Waals surface area contributed by atoms with E-state index in [0.717, 1.165) is 5.56 Å². The third kappa shape index (κ3) is 2.39. The van der Waals surface area contributed by atoms with Crippen LogP contribution in [-0.4, -0.2) is 23.0 Å². The summed E-state index contributed by atoms with van der Waals surface area (Å²) >= 11 is 0. The molecule has 0 aliphatic heterocycles. The highest BCUT2D eigenvalue weighted by Gasteiger charge is 2.12. The van der Waals surface area contributed by atoms with Gasteiger partial charge in [0.25, 0.3) is 0 Å². The van der Waals surface area contributed by atoms with Crippen molar-refractivity contribution in [3.05, 3.63) is 42.2 Å². The fourth-order valence-corrected chi connectivity index (χ4v) is 1.41. The molecule has 1 aromatic carbocycles. The SMILES string of the molecule is COC(=O)c1nc(N)cc(-c2ccccc2)n1. The molecule has 2 rings (SSSR count). The van der Waals surface area contributed by atoms with E-state index < -0.39 is 5.97 Å². The summed E-state index contributed by atoms with van der Waals surface area (Å²) in [5.74, 6) is -0.403. The molecule has 0 amide bonds. The lowest BCUT2D eigenvalue weighted by Crippen LogP contribution is -2.09. The van der Waals surface area contributed by atoms with Crippen molar-refractivity contribution in [1.82, 2.24) is 9.97 Å².